The van der Waals surface area contributed by atoms with Crippen LogP contribution in [-0.2, 0) is 9.53 Å². The Bertz CT molecular complexity index is 263. The lowest BCUT2D eigenvalue weighted by Crippen LogP contribution is -2.50. The molecule has 0 aliphatic carbocycles. The molecule has 0 aromatic heterocycles. The van der Waals surface area contributed by atoms with Gasteiger partial charge in [-0.1, -0.05) is 13.8 Å². The first kappa shape index (κ1) is 15.4. The van der Waals surface area contributed by atoms with E-state index < -0.39 is 0 Å². The highest BCUT2D eigenvalue weighted by Gasteiger charge is 2.23. The highest BCUT2D eigenvalue weighted by molar-refractivity contribution is 5.78. The second-order valence-electron chi connectivity index (χ2n) is 5.90. The second-order valence-corrected chi connectivity index (χ2v) is 5.90. The summed E-state index contributed by atoms with van der Waals surface area (Å²) in [5, 5.41) is 3.25. The highest BCUT2D eigenvalue weighted by atomic mass is 16.5. The number of hydrogen-bond acceptors (Lipinski definition) is 4. The Labute approximate surface area is 110 Å². The lowest BCUT2D eigenvalue weighted by molar-refractivity contribution is -0.133. The van der Waals surface area contributed by atoms with Crippen LogP contribution >= 0.6 is 0 Å². The van der Waals surface area contributed by atoms with Crippen molar-refractivity contribution in [2.45, 2.75) is 13.8 Å². The number of ether oxygens (including phenoxy) is 1. The third-order valence-electron chi connectivity index (χ3n) is 3.11. The second kappa shape index (κ2) is 7.07. The minimum Gasteiger partial charge on any atom is -0.384 e. The number of rotatable bonds is 6. The van der Waals surface area contributed by atoms with Crippen LogP contribution in [-0.4, -0.2) is 75.7 Å². The first-order valence-electron chi connectivity index (χ1n) is 6.60. The Morgan fingerprint density at radius 3 is 2.56 bits per heavy atom. The molecular weight excluding hydrogens is 230 g/mol. The lowest BCUT2D eigenvalue weighted by Gasteiger charge is -2.32. The van der Waals surface area contributed by atoms with Gasteiger partial charge in [-0.25, -0.2) is 0 Å². The van der Waals surface area contributed by atoms with Crippen molar-refractivity contribution in [3.8, 4) is 0 Å². The number of piperazine rings is 1. The summed E-state index contributed by atoms with van der Waals surface area (Å²) in [5.41, 5.74) is 0.0766. The smallest absolute Gasteiger partial charge is 0.236 e. The van der Waals surface area contributed by atoms with Gasteiger partial charge in [-0.05, 0) is 7.05 Å². The molecule has 0 aromatic rings. The van der Waals surface area contributed by atoms with Crippen LogP contribution in [0.3, 0.4) is 0 Å². The number of carbonyl (C=O) groups excluding carboxylic acids is 1. The van der Waals surface area contributed by atoms with Crippen molar-refractivity contribution in [3.63, 3.8) is 0 Å². The molecule has 1 fully saturated rings. The van der Waals surface area contributed by atoms with Crippen LogP contribution < -0.4 is 5.32 Å². The summed E-state index contributed by atoms with van der Waals surface area (Å²) in [6.45, 7) is 9.84. The van der Waals surface area contributed by atoms with Crippen molar-refractivity contribution < 1.29 is 9.53 Å². The molecule has 0 unspecified atom stereocenters. The SMILES string of the molecule is COCC(C)(C)CN(C)CC(=O)N1CCNCC1. The van der Waals surface area contributed by atoms with Gasteiger partial charge in [-0.15, -0.1) is 0 Å². The molecule has 0 saturated carbocycles. The lowest BCUT2D eigenvalue weighted by atomic mass is 9.94. The van der Waals surface area contributed by atoms with E-state index in [1.165, 1.54) is 0 Å². The third kappa shape index (κ3) is 5.33. The van der Waals surface area contributed by atoms with Gasteiger partial charge in [0.05, 0.1) is 13.2 Å². The van der Waals surface area contributed by atoms with E-state index in [2.05, 4.69) is 24.1 Å². The molecule has 0 aromatic carbocycles. The molecule has 0 spiro atoms. The molecule has 1 N–H and O–H groups in total. The highest BCUT2D eigenvalue weighted by Crippen LogP contribution is 2.16. The molecule has 1 aliphatic rings. The predicted octanol–water partition coefficient (Wildman–Crippen LogP) is 0.0226. The van der Waals surface area contributed by atoms with Crippen molar-refractivity contribution in [3.05, 3.63) is 0 Å². The molecule has 1 rings (SSSR count). The zero-order chi connectivity index (χ0) is 13.6. The van der Waals surface area contributed by atoms with Gasteiger partial charge in [-0.2, -0.15) is 0 Å². The molecule has 1 amide bonds. The molecule has 5 heteroatoms. The summed E-state index contributed by atoms with van der Waals surface area (Å²) in [5.74, 6) is 0.229. The topological polar surface area (TPSA) is 44.8 Å². The van der Waals surface area contributed by atoms with E-state index in [0.717, 1.165) is 32.7 Å². The molecule has 1 heterocycles. The van der Waals surface area contributed by atoms with Crippen molar-refractivity contribution in [2.75, 3.05) is 60.0 Å². The fraction of sp³-hybridized carbons (Fsp3) is 0.923. The summed E-state index contributed by atoms with van der Waals surface area (Å²) in [6.07, 6.45) is 0. The first-order valence-corrected chi connectivity index (χ1v) is 6.60. The van der Waals surface area contributed by atoms with Crippen molar-refractivity contribution in [1.29, 1.82) is 0 Å². The average molecular weight is 257 g/mol. The largest absolute Gasteiger partial charge is 0.384 e. The zero-order valence-corrected chi connectivity index (χ0v) is 12.2. The van der Waals surface area contributed by atoms with Gasteiger partial charge >= 0.3 is 0 Å². The molecule has 18 heavy (non-hydrogen) atoms. The van der Waals surface area contributed by atoms with Gasteiger partial charge in [0.15, 0.2) is 0 Å². The molecule has 1 saturated heterocycles. The number of amides is 1. The Morgan fingerprint density at radius 1 is 1.39 bits per heavy atom. The monoisotopic (exact) mass is 257 g/mol. The van der Waals surface area contributed by atoms with Crippen LogP contribution in [0.1, 0.15) is 13.8 Å². The number of methoxy groups -OCH3 is 1. The summed E-state index contributed by atoms with van der Waals surface area (Å²) < 4.78 is 5.20. The van der Waals surface area contributed by atoms with E-state index in [1.807, 2.05) is 11.9 Å². The van der Waals surface area contributed by atoms with E-state index in [9.17, 15) is 4.79 Å². The minimum atomic E-state index is 0.0766. The summed E-state index contributed by atoms with van der Waals surface area (Å²) in [4.78, 5) is 16.1. The molecule has 0 atom stereocenters. The molecule has 0 radical (unpaired) electrons. The Hall–Kier alpha value is -0.650. The standard InChI is InChI=1S/C13H27N3O2/c1-13(2,11-18-4)10-15(3)9-12(17)16-7-5-14-6-8-16/h14H,5-11H2,1-4H3. The van der Waals surface area contributed by atoms with Crippen molar-refractivity contribution in [2.24, 2.45) is 5.41 Å². The predicted molar refractivity (Wildman–Crippen MR) is 72.6 cm³/mol. The quantitative estimate of drug-likeness (QED) is 0.729. The van der Waals surface area contributed by atoms with Crippen molar-refractivity contribution in [1.82, 2.24) is 15.1 Å². The first-order chi connectivity index (χ1) is 8.44. The van der Waals surface area contributed by atoms with Gasteiger partial charge in [0, 0.05) is 45.2 Å². The average Bonchev–Trinajstić information content (AvgIpc) is 2.28. The zero-order valence-electron chi connectivity index (χ0n) is 12.2. The number of nitrogens with one attached hydrogen (secondary N) is 1. The maximum atomic E-state index is 12.1. The third-order valence-corrected chi connectivity index (χ3v) is 3.11. The van der Waals surface area contributed by atoms with Gasteiger partial charge in [0.2, 0.25) is 5.91 Å². The van der Waals surface area contributed by atoms with Crippen LogP contribution in [0.25, 0.3) is 0 Å². The molecule has 106 valence electrons. The van der Waals surface area contributed by atoms with E-state index in [4.69, 9.17) is 4.74 Å². The Balaban J connectivity index is 2.34. The van der Waals surface area contributed by atoms with E-state index in [-0.39, 0.29) is 11.3 Å². The molecule has 0 bridgehead atoms. The van der Waals surface area contributed by atoms with E-state index in [0.29, 0.717) is 13.2 Å². The number of carbonyl (C=O) groups is 1. The fourth-order valence-electron chi connectivity index (χ4n) is 2.47. The van der Waals surface area contributed by atoms with Crippen LogP contribution in [0, 0.1) is 5.41 Å². The minimum absolute atomic E-state index is 0.0766. The maximum absolute atomic E-state index is 12.1. The van der Waals surface area contributed by atoms with Crippen LogP contribution in [0.4, 0.5) is 0 Å². The van der Waals surface area contributed by atoms with Crippen LogP contribution in [0.15, 0.2) is 0 Å². The molecular formula is C13H27N3O2. The van der Waals surface area contributed by atoms with Gasteiger partial charge in [-0.3, -0.25) is 9.69 Å². The van der Waals surface area contributed by atoms with Crippen LogP contribution in [0.2, 0.25) is 0 Å². The number of nitrogens with zero attached hydrogens (tertiary/aromatic N) is 2. The number of hydrogen-bond donors (Lipinski definition) is 1. The van der Waals surface area contributed by atoms with Gasteiger partial charge in [0.25, 0.3) is 0 Å². The van der Waals surface area contributed by atoms with Crippen molar-refractivity contribution >= 4 is 5.91 Å². The fourth-order valence-corrected chi connectivity index (χ4v) is 2.47. The molecule has 1 aliphatic heterocycles. The van der Waals surface area contributed by atoms with Gasteiger partial charge in [0.1, 0.15) is 0 Å². The summed E-state index contributed by atoms with van der Waals surface area (Å²) in [6, 6.07) is 0. The van der Waals surface area contributed by atoms with E-state index in [1.54, 1.807) is 7.11 Å². The van der Waals surface area contributed by atoms with Crippen LogP contribution in [0.5, 0.6) is 0 Å². The summed E-state index contributed by atoms with van der Waals surface area (Å²) in [7, 11) is 3.71. The summed E-state index contributed by atoms with van der Waals surface area (Å²) >= 11 is 0. The van der Waals surface area contributed by atoms with E-state index >= 15 is 0 Å². The normalized spacial score (nSPS) is 17.3. The number of likely N-dealkylation sites (N-methyl/N-ethyl adjacent to an activating group) is 1. The van der Waals surface area contributed by atoms with Gasteiger partial charge < -0.3 is 15.0 Å². The molecule has 5 nitrogen and oxygen atoms in total. The Kier molecular flexibility index (Phi) is 6.05. The maximum Gasteiger partial charge on any atom is 0.236 e. The Morgan fingerprint density at radius 2 is 2.00 bits per heavy atom.